The largest absolute Gasteiger partial charge is 0.396 e. The first-order valence-electron chi connectivity index (χ1n) is 6.04. The number of halogens is 2. The Morgan fingerprint density at radius 2 is 2.05 bits per heavy atom. The molecule has 1 aromatic rings. The number of amides is 1. The maximum atomic E-state index is 13.8. The lowest BCUT2D eigenvalue weighted by Crippen LogP contribution is -2.50. The molecule has 5 nitrogen and oxygen atoms in total. The minimum atomic E-state index is -3.50. The van der Waals surface area contributed by atoms with E-state index < -0.39 is 38.3 Å². The SMILES string of the molecule is CS(=O)(=O)C1CSCCN1C(=O)c1cc(N)c(F)cc1F. The zero-order chi connectivity index (χ0) is 15.8. The first-order chi connectivity index (χ1) is 9.71. The number of nitrogens with two attached hydrogens (primary N) is 1. The number of sulfone groups is 1. The van der Waals surface area contributed by atoms with Gasteiger partial charge in [-0.25, -0.2) is 17.2 Å². The summed E-state index contributed by atoms with van der Waals surface area (Å²) >= 11 is 1.40. The molecule has 1 amide bonds. The van der Waals surface area contributed by atoms with Gasteiger partial charge in [0.1, 0.15) is 17.0 Å². The van der Waals surface area contributed by atoms with Crippen molar-refractivity contribution in [3.8, 4) is 0 Å². The van der Waals surface area contributed by atoms with Gasteiger partial charge in [0.2, 0.25) is 0 Å². The summed E-state index contributed by atoms with van der Waals surface area (Å²) in [7, 11) is -3.50. The van der Waals surface area contributed by atoms with E-state index >= 15 is 0 Å². The molecular weight excluding hydrogens is 322 g/mol. The van der Waals surface area contributed by atoms with Gasteiger partial charge in [-0.05, 0) is 6.07 Å². The Kier molecular flexibility index (Phi) is 4.43. The molecule has 1 unspecified atom stereocenters. The predicted octanol–water partition coefficient (Wildman–Crippen LogP) is 1.11. The van der Waals surface area contributed by atoms with Crippen LogP contribution in [0.4, 0.5) is 14.5 Å². The molecule has 1 atom stereocenters. The van der Waals surface area contributed by atoms with Gasteiger partial charge in [0.15, 0.2) is 9.84 Å². The van der Waals surface area contributed by atoms with Crippen LogP contribution in [0.5, 0.6) is 0 Å². The molecule has 0 aliphatic carbocycles. The fourth-order valence-corrected chi connectivity index (χ4v) is 4.87. The zero-order valence-electron chi connectivity index (χ0n) is 11.2. The minimum Gasteiger partial charge on any atom is -0.396 e. The van der Waals surface area contributed by atoms with E-state index in [-0.39, 0.29) is 18.0 Å². The van der Waals surface area contributed by atoms with Crippen LogP contribution in [0.3, 0.4) is 0 Å². The van der Waals surface area contributed by atoms with Crippen molar-refractivity contribution in [1.82, 2.24) is 4.90 Å². The average molecular weight is 336 g/mol. The summed E-state index contributed by atoms with van der Waals surface area (Å²) in [4.78, 5) is 13.5. The summed E-state index contributed by atoms with van der Waals surface area (Å²) < 4.78 is 50.4. The maximum absolute atomic E-state index is 13.8. The summed E-state index contributed by atoms with van der Waals surface area (Å²) in [5.41, 5.74) is 4.56. The number of carbonyl (C=O) groups excluding carboxylic acids is 1. The molecule has 0 bridgehead atoms. The van der Waals surface area contributed by atoms with E-state index in [1.807, 2.05) is 0 Å². The molecule has 0 spiro atoms. The molecule has 0 radical (unpaired) electrons. The molecule has 1 aliphatic heterocycles. The van der Waals surface area contributed by atoms with Crippen molar-refractivity contribution in [3.63, 3.8) is 0 Å². The second-order valence-corrected chi connectivity index (χ2v) is 8.06. The van der Waals surface area contributed by atoms with Gasteiger partial charge in [0.05, 0.1) is 11.3 Å². The van der Waals surface area contributed by atoms with E-state index in [2.05, 4.69) is 0 Å². The predicted molar refractivity (Wildman–Crippen MR) is 77.8 cm³/mol. The van der Waals surface area contributed by atoms with Crippen molar-refractivity contribution in [2.45, 2.75) is 5.37 Å². The normalized spacial score (nSPS) is 19.6. The number of benzene rings is 1. The Hall–Kier alpha value is -1.35. The lowest BCUT2D eigenvalue weighted by atomic mass is 10.1. The molecule has 1 aromatic carbocycles. The first-order valence-corrected chi connectivity index (χ1v) is 9.15. The van der Waals surface area contributed by atoms with E-state index in [4.69, 9.17) is 5.73 Å². The van der Waals surface area contributed by atoms with Gasteiger partial charge in [-0.2, -0.15) is 11.8 Å². The molecule has 1 heterocycles. The number of nitrogen functional groups attached to an aromatic ring is 1. The number of rotatable bonds is 2. The van der Waals surface area contributed by atoms with Crippen LogP contribution in [0.15, 0.2) is 12.1 Å². The lowest BCUT2D eigenvalue weighted by Gasteiger charge is -2.34. The number of hydrogen-bond acceptors (Lipinski definition) is 5. The summed E-state index contributed by atoms with van der Waals surface area (Å²) in [6, 6.07) is 1.42. The second-order valence-electron chi connectivity index (χ2n) is 4.71. The van der Waals surface area contributed by atoms with Gasteiger partial charge in [0, 0.05) is 30.4 Å². The molecule has 2 rings (SSSR count). The molecule has 2 N–H and O–H groups in total. The van der Waals surface area contributed by atoms with Gasteiger partial charge in [-0.15, -0.1) is 0 Å². The molecule has 1 aliphatic rings. The van der Waals surface area contributed by atoms with Crippen LogP contribution in [-0.4, -0.2) is 48.9 Å². The molecule has 0 aromatic heterocycles. The Morgan fingerprint density at radius 1 is 1.38 bits per heavy atom. The van der Waals surface area contributed by atoms with Gasteiger partial charge >= 0.3 is 0 Å². The van der Waals surface area contributed by atoms with Crippen LogP contribution in [0.1, 0.15) is 10.4 Å². The Labute approximate surface area is 125 Å². The zero-order valence-corrected chi connectivity index (χ0v) is 12.8. The van der Waals surface area contributed by atoms with Gasteiger partial charge in [-0.1, -0.05) is 0 Å². The van der Waals surface area contributed by atoms with Crippen molar-refractivity contribution >= 4 is 33.2 Å². The summed E-state index contributed by atoms with van der Waals surface area (Å²) in [6.45, 7) is 0.179. The number of hydrogen-bond donors (Lipinski definition) is 1. The van der Waals surface area contributed by atoms with E-state index in [1.54, 1.807) is 0 Å². The van der Waals surface area contributed by atoms with Gasteiger partial charge < -0.3 is 10.6 Å². The quantitative estimate of drug-likeness (QED) is 0.818. The Morgan fingerprint density at radius 3 is 2.67 bits per heavy atom. The molecule has 116 valence electrons. The van der Waals surface area contributed by atoms with Gasteiger partial charge in [0.25, 0.3) is 5.91 Å². The third-order valence-electron chi connectivity index (χ3n) is 3.16. The van der Waals surface area contributed by atoms with Crippen molar-refractivity contribution in [2.24, 2.45) is 0 Å². The fraction of sp³-hybridized carbons (Fsp3) is 0.417. The molecule has 9 heteroatoms. The van der Waals surface area contributed by atoms with E-state index in [9.17, 15) is 22.0 Å². The fourth-order valence-electron chi connectivity index (χ4n) is 2.05. The van der Waals surface area contributed by atoms with Crippen LogP contribution < -0.4 is 5.73 Å². The smallest absolute Gasteiger partial charge is 0.258 e. The monoisotopic (exact) mass is 336 g/mol. The van der Waals surface area contributed by atoms with Crippen LogP contribution in [0.2, 0.25) is 0 Å². The molecule has 0 saturated carbocycles. The third kappa shape index (κ3) is 3.29. The van der Waals surface area contributed by atoms with E-state index in [0.717, 1.165) is 17.2 Å². The van der Waals surface area contributed by atoms with E-state index in [0.29, 0.717) is 11.8 Å². The van der Waals surface area contributed by atoms with Crippen LogP contribution in [-0.2, 0) is 9.84 Å². The average Bonchev–Trinajstić information content (AvgIpc) is 2.41. The molecule has 21 heavy (non-hydrogen) atoms. The number of anilines is 1. The number of nitrogens with zero attached hydrogens (tertiary/aromatic N) is 1. The molecular formula is C12H14F2N2O3S2. The van der Waals surface area contributed by atoms with Crippen molar-refractivity contribution < 1.29 is 22.0 Å². The van der Waals surface area contributed by atoms with Crippen LogP contribution in [0, 0.1) is 11.6 Å². The summed E-state index contributed by atoms with van der Waals surface area (Å²) in [6.07, 6.45) is 1.03. The second kappa shape index (κ2) is 5.80. The van der Waals surface area contributed by atoms with Crippen molar-refractivity contribution in [1.29, 1.82) is 0 Å². The Bertz CT molecular complexity index is 679. The Balaban J connectivity index is 2.40. The number of thioether (sulfide) groups is 1. The van der Waals surface area contributed by atoms with Crippen LogP contribution in [0.25, 0.3) is 0 Å². The first kappa shape index (κ1) is 16.0. The lowest BCUT2D eigenvalue weighted by molar-refractivity contribution is 0.0745. The maximum Gasteiger partial charge on any atom is 0.258 e. The summed E-state index contributed by atoms with van der Waals surface area (Å²) in [5.74, 6) is -2.04. The van der Waals surface area contributed by atoms with Crippen molar-refractivity contribution in [3.05, 3.63) is 29.3 Å². The standard InChI is InChI=1S/C12H14F2N2O3S2/c1-21(18,19)11-6-20-3-2-16(11)12(17)7-4-10(15)9(14)5-8(7)13/h4-5,11H,2-3,6,15H2,1H3. The van der Waals surface area contributed by atoms with Crippen LogP contribution >= 0.6 is 11.8 Å². The van der Waals surface area contributed by atoms with Crippen molar-refractivity contribution in [2.75, 3.05) is 30.0 Å². The topological polar surface area (TPSA) is 80.5 Å². The highest BCUT2D eigenvalue weighted by atomic mass is 32.2. The van der Waals surface area contributed by atoms with Gasteiger partial charge in [-0.3, -0.25) is 4.79 Å². The highest BCUT2D eigenvalue weighted by Gasteiger charge is 2.35. The third-order valence-corrected chi connectivity index (χ3v) is 5.80. The summed E-state index contributed by atoms with van der Waals surface area (Å²) in [5, 5.41) is -1.02. The minimum absolute atomic E-state index is 0.179. The number of carbonyl (C=O) groups is 1. The highest BCUT2D eigenvalue weighted by Crippen LogP contribution is 2.25. The molecule has 1 saturated heterocycles. The van der Waals surface area contributed by atoms with E-state index in [1.165, 1.54) is 11.8 Å². The highest BCUT2D eigenvalue weighted by molar-refractivity contribution is 8.00. The molecule has 1 fully saturated rings.